The maximum Gasteiger partial charge on any atom is 0.270 e. The van der Waals surface area contributed by atoms with Gasteiger partial charge in [-0.15, -0.1) is 11.3 Å². The fraction of sp³-hybridized carbons (Fsp3) is 0.100. The van der Waals surface area contributed by atoms with Gasteiger partial charge < -0.3 is 0 Å². The van der Waals surface area contributed by atoms with Crippen LogP contribution >= 0.6 is 22.9 Å². The summed E-state index contributed by atoms with van der Waals surface area (Å²) in [6.45, 7) is 0. The molecule has 0 atom stereocenters. The van der Waals surface area contributed by atoms with Gasteiger partial charge in [-0.3, -0.25) is 20.2 Å². The number of nitro groups is 1. The van der Waals surface area contributed by atoms with E-state index in [1.165, 1.54) is 34.6 Å². The minimum atomic E-state index is -0.567. The molecule has 1 heterocycles. The minimum Gasteiger partial charge on any atom is -0.298 e. The molecule has 28 heavy (non-hydrogen) atoms. The first-order valence-corrected chi connectivity index (χ1v) is 9.77. The predicted molar refractivity (Wildman–Crippen MR) is 111 cm³/mol. The van der Waals surface area contributed by atoms with Gasteiger partial charge in [-0.2, -0.15) is 0 Å². The molecule has 0 saturated heterocycles. The zero-order chi connectivity index (χ0) is 19.7. The van der Waals surface area contributed by atoms with Crippen molar-refractivity contribution in [1.29, 1.82) is 0 Å². The largest absolute Gasteiger partial charge is 0.298 e. The molecule has 0 unspecified atom stereocenters. The minimum absolute atomic E-state index is 0.0402. The van der Waals surface area contributed by atoms with Crippen molar-refractivity contribution < 1.29 is 9.72 Å². The SMILES string of the molecule is O=C(Nc1nc(C2=Cc3ccccc3CC2)cs1)c1cc([N+](=O)[O-])ccc1Cl. The first-order valence-electron chi connectivity index (χ1n) is 8.51. The van der Waals surface area contributed by atoms with Crippen LogP contribution in [0.25, 0.3) is 11.6 Å². The highest BCUT2D eigenvalue weighted by Gasteiger charge is 2.18. The van der Waals surface area contributed by atoms with Crippen molar-refractivity contribution in [3.8, 4) is 0 Å². The third-order valence-electron chi connectivity index (χ3n) is 4.51. The molecule has 0 saturated carbocycles. The first kappa shape index (κ1) is 18.3. The summed E-state index contributed by atoms with van der Waals surface area (Å²) < 4.78 is 0. The lowest BCUT2D eigenvalue weighted by molar-refractivity contribution is -0.384. The van der Waals surface area contributed by atoms with E-state index in [1.807, 2.05) is 17.5 Å². The number of allylic oxidation sites excluding steroid dienone is 1. The number of nitrogens with zero attached hydrogens (tertiary/aromatic N) is 2. The number of carbonyl (C=O) groups is 1. The van der Waals surface area contributed by atoms with Gasteiger partial charge in [0, 0.05) is 17.5 Å². The van der Waals surface area contributed by atoms with E-state index in [9.17, 15) is 14.9 Å². The zero-order valence-electron chi connectivity index (χ0n) is 14.5. The second-order valence-electron chi connectivity index (χ2n) is 6.28. The summed E-state index contributed by atoms with van der Waals surface area (Å²) in [5.74, 6) is -0.530. The molecule has 1 N–H and O–H groups in total. The van der Waals surface area contributed by atoms with Gasteiger partial charge in [0.25, 0.3) is 11.6 Å². The molecule has 0 bridgehead atoms. The van der Waals surface area contributed by atoms with E-state index in [0.29, 0.717) is 5.13 Å². The number of rotatable bonds is 4. The van der Waals surface area contributed by atoms with Gasteiger partial charge >= 0.3 is 0 Å². The van der Waals surface area contributed by atoms with Crippen molar-refractivity contribution >= 4 is 51.3 Å². The summed E-state index contributed by atoms with van der Waals surface area (Å²) in [6, 6.07) is 12.0. The number of benzene rings is 2. The number of hydrogen-bond donors (Lipinski definition) is 1. The summed E-state index contributed by atoms with van der Waals surface area (Å²) in [5.41, 5.74) is 4.28. The molecule has 4 rings (SSSR count). The van der Waals surface area contributed by atoms with Gasteiger partial charge in [0.05, 0.1) is 21.2 Å². The summed E-state index contributed by atoms with van der Waals surface area (Å²) >= 11 is 7.33. The van der Waals surface area contributed by atoms with Gasteiger partial charge in [0.15, 0.2) is 5.13 Å². The summed E-state index contributed by atoms with van der Waals surface area (Å²) in [5, 5.41) is 16.1. The molecule has 0 radical (unpaired) electrons. The molecule has 1 aliphatic rings. The van der Waals surface area contributed by atoms with Crippen molar-refractivity contribution in [2.45, 2.75) is 12.8 Å². The van der Waals surface area contributed by atoms with E-state index in [-0.39, 0.29) is 16.3 Å². The summed E-state index contributed by atoms with van der Waals surface area (Å²) in [7, 11) is 0. The van der Waals surface area contributed by atoms with Crippen LogP contribution in [0, 0.1) is 10.1 Å². The summed E-state index contributed by atoms with van der Waals surface area (Å²) in [6.07, 6.45) is 3.95. The Bertz CT molecular complexity index is 1120. The number of fused-ring (bicyclic) bond motifs is 1. The Morgan fingerprint density at radius 1 is 1.21 bits per heavy atom. The molecule has 1 aromatic heterocycles. The average molecular weight is 412 g/mol. The lowest BCUT2D eigenvalue weighted by Gasteiger charge is -2.14. The highest BCUT2D eigenvalue weighted by atomic mass is 35.5. The Labute approximate surface area is 169 Å². The normalized spacial score (nSPS) is 12.8. The fourth-order valence-corrected chi connectivity index (χ4v) is 4.01. The van der Waals surface area contributed by atoms with Crippen molar-refractivity contribution in [2.75, 3.05) is 5.32 Å². The topological polar surface area (TPSA) is 85.1 Å². The molecule has 6 nitrogen and oxygen atoms in total. The van der Waals surface area contributed by atoms with Crippen molar-refractivity contribution in [1.82, 2.24) is 4.98 Å². The first-order chi connectivity index (χ1) is 13.5. The molecule has 1 amide bonds. The van der Waals surface area contributed by atoms with E-state index in [4.69, 9.17) is 11.6 Å². The van der Waals surface area contributed by atoms with Crippen LogP contribution in [0.5, 0.6) is 0 Å². The fourth-order valence-electron chi connectivity index (χ4n) is 3.08. The third kappa shape index (κ3) is 3.67. The second-order valence-corrected chi connectivity index (χ2v) is 7.55. The Balaban J connectivity index is 1.55. The van der Waals surface area contributed by atoms with Crippen LogP contribution in [-0.4, -0.2) is 15.8 Å². The molecule has 2 aromatic carbocycles. The lowest BCUT2D eigenvalue weighted by Crippen LogP contribution is -2.12. The molecular weight excluding hydrogens is 398 g/mol. The van der Waals surface area contributed by atoms with Crippen LogP contribution in [0.2, 0.25) is 5.02 Å². The molecular formula is C20H14ClN3O3S. The lowest BCUT2D eigenvalue weighted by atomic mass is 9.91. The standard InChI is InChI=1S/C20H14ClN3O3S/c21-17-8-7-15(24(26)27)10-16(17)19(25)23-20-22-18(11-28-20)14-6-5-12-3-1-2-4-13(12)9-14/h1-4,7-11H,5-6H2,(H,22,23,25). The van der Waals surface area contributed by atoms with E-state index in [1.54, 1.807) is 0 Å². The number of nitrogens with one attached hydrogen (secondary N) is 1. The number of hydrogen-bond acceptors (Lipinski definition) is 5. The highest BCUT2D eigenvalue weighted by Crippen LogP contribution is 2.32. The number of amides is 1. The van der Waals surface area contributed by atoms with E-state index >= 15 is 0 Å². The Hall–Kier alpha value is -3.03. The number of nitro benzene ring substituents is 1. The van der Waals surface area contributed by atoms with Gasteiger partial charge in [-0.05, 0) is 41.7 Å². The van der Waals surface area contributed by atoms with Crippen molar-refractivity contribution in [2.24, 2.45) is 0 Å². The van der Waals surface area contributed by atoms with Crippen LogP contribution in [-0.2, 0) is 6.42 Å². The number of aryl methyl sites for hydroxylation is 1. The van der Waals surface area contributed by atoms with Gasteiger partial charge in [0.2, 0.25) is 0 Å². The van der Waals surface area contributed by atoms with E-state index < -0.39 is 10.8 Å². The maximum absolute atomic E-state index is 12.5. The highest BCUT2D eigenvalue weighted by molar-refractivity contribution is 7.14. The molecule has 3 aromatic rings. The Morgan fingerprint density at radius 2 is 2.04 bits per heavy atom. The van der Waals surface area contributed by atoms with Gasteiger partial charge in [-0.1, -0.05) is 35.9 Å². The smallest absolute Gasteiger partial charge is 0.270 e. The van der Waals surface area contributed by atoms with Crippen molar-refractivity contribution in [3.63, 3.8) is 0 Å². The van der Waals surface area contributed by atoms with E-state index in [2.05, 4.69) is 28.5 Å². The summed E-state index contributed by atoms with van der Waals surface area (Å²) in [4.78, 5) is 27.4. The molecule has 0 aliphatic heterocycles. The average Bonchev–Trinajstić information content (AvgIpc) is 3.16. The molecule has 140 valence electrons. The second kappa shape index (κ2) is 7.53. The molecule has 0 fully saturated rings. The monoisotopic (exact) mass is 411 g/mol. The van der Waals surface area contributed by atoms with Gasteiger partial charge in [-0.25, -0.2) is 4.98 Å². The number of thiazole rings is 1. The number of non-ortho nitro benzene ring substituents is 1. The predicted octanol–water partition coefficient (Wildman–Crippen LogP) is 5.44. The van der Waals surface area contributed by atoms with Crippen LogP contribution in [0.1, 0.15) is 33.6 Å². The number of anilines is 1. The van der Waals surface area contributed by atoms with Crippen LogP contribution in [0.4, 0.5) is 10.8 Å². The quantitative estimate of drug-likeness (QED) is 0.457. The van der Waals surface area contributed by atoms with Crippen LogP contribution in [0.15, 0.2) is 47.8 Å². The number of halogens is 1. The molecule has 1 aliphatic carbocycles. The Morgan fingerprint density at radius 3 is 2.86 bits per heavy atom. The zero-order valence-corrected chi connectivity index (χ0v) is 16.1. The number of carbonyl (C=O) groups excluding carboxylic acids is 1. The van der Waals surface area contributed by atoms with Crippen LogP contribution in [0.3, 0.4) is 0 Å². The Kier molecular flexibility index (Phi) is 4.93. The molecule has 0 spiro atoms. The molecule has 8 heteroatoms. The van der Waals surface area contributed by atoms with E-state index in [0.717, 1.165) is 30.2 Å². The van der Waals surface area contributed by atoms with Crippen molar-refractivity contribution in [3.05, 3.63) is 85.4 Å². The third-order valence-corrected chi connectivity index (χ3v) is 5.59. The van der Waals surface area contributed by atoms with Crippen LogP contribution < -0.4 is 5.32 Å². The number of aromatic nitrogens is 1. The van der Waals surface area contributed by atoms with Gasteiger partial charge in [0.1, 0.15) is 0 Å². The maximum atomic E-state index is 12.5.